The van der Waals surface area contributed by atoms with Gasteiger partial charge in [-0.15, -0.1) is 0 Å². The van der Waals surface area contributed by atoms with Crippen molar-refractivity contribution in [3.8, 4) is 5.75 Å². The average molecular weight is 194 g/mol. The van der Waals surface area contributed by atoms with E-state index in [1.54, 1.807) is 0 Å². The Morgan fingerprint density at radius 1 is 1.57 bits per heavy atom. The minimum absolute atomic E-state index is 0.386. The first-order valence-electron chi connectivity index (χ1n) is 4.60. The van der Waals surface area contributed by atoms with Crippen molar-refractivity contribution in [2.24, 2.45) is 5.90 Å². The highest BCUT2D eigenvalue weighted by Crippen LogP contribution is 2.34. The topological polar surface area (TPSA) is 47.7 Å². The monoisotopic (exact) mass is 194 g/mol. The summed E-state index contributed by atoms with van der Waals surface area (Å²) in [5.74, 6) is 5.95. The van der Waals surface area contributed by atoms with E-state index in [0.29, 0.717) is 13.2 Å². The van der Waals surface area contributed by atoms with Crippen molar-refractivity contribution in [2.45, 2.75) is 6.61 Å². The first-order chi connectivity index (χ1) is 6.83. The average Bonchev–Trinajstić information content (AvgIpc) is 2.20. The van der Waals surface area contributed by atoms with Crippen LogP contribution < -0.4 is 15.5 Å². The largest absolute Gasteiger partial charge is 0.489 e. The van der Waals surface area contributed by atoms with E-state index in [4.69, 9.17) is 10.6 Å². The van der Waals surface area contributed by atoms with E-state index in [1.165, 1.54) is 0 Å². The Bertz CT molecular complexity index is 328. The molecule has 0 aromatic heterocycles. The predicted octanol–water partition coefficient (Wildman–Crippen LogP) is 0.905. The lowest BCUT2D eigenvalue weighted by Gasteiger charge is -2.28. The van der Waals surface area contributed by atoms with Gasteiger partial charge in [-0.3, -0.25) is 4.84 Å². The quantitative estimate of drug-likeness (QED) is 0.711. The molecule has 76 valence electrons. The number of para-hydroxylation sites is 1. The molecular weight excluding hydrogens is 180 g/mol. The molecule has 0 fully saturated rings. The normalized spacial score (nSPS) is 14.9. The van der Waals surface area contributed by atoms with Gasteiger partial charge in [0.1, 0.15) is 12.4 Å². The molecule has 0 atom stereocenters. The first-order valence-corrected chi connectivity index (χ1v) is 4.60. The Hall–Kier alpha value is -1.26. The number of anilines is 1. The van der Waals surface area contributed by atoms with Crippen molar-refractivity contribution < 1.29 is 9.57 Å². The molecule has 1 aromatic carbocycles. The Morgan fingerprint density at radius 2 is 2.43 bits per heavy atom. The Balaban J connectivity index is 2.39. The van der Waals surface area contributed by atoms with Crippen molar-refractivity contribution in [2.75, 3.05) is 25.1 Å². The van der Waals surface area contributed by atoms with Crippen molar-refractivity contribution in [3.63, 3.8) is 0 Å². The fraction of sp³-hybridized carbons (Fsp3) is 0.400. The Morgan fingerprint density at radius 3 is 3.21 bits per heavy atom. The highest BCUT2D eigenvalue weighted by Gasteiger charge is 2.17. The molecule has 0 bridgehead atoms. The highest BCUT2D eigenvalue weighted by molar-refractivity contribution is 5.62. The molecule has 1 heterocycles. The lowest BCUT2D eigenvalue weighted by Crippen LogP contribution is -2.29. The standard InChI is InChI=1S/C10H14N2O2/c1-12-5-6-13-10-8(7-14-11)3-2-4-9(10)12/h2-4H,5-7,11H2,1H3. The number of likely N-dealkylation sites (N-methyl/N-ethyl adjacent to an activating group) is 1. The Labute approximate surface area is 83.2 Å². The Kier molecular flexibility index (Phi) is 2.56. The first kappa shape index (κ1) is 9.30. The van der Waals surface area contributed by atoms with E-state index in [0.717, 1.165) is 23.5 Å². The summed E-state index contributed by atoms with van der Waals surface area (Å²) < 4.78 is 5.60. The van der Waals surface area contributed by atoms with Crippen molar-refractivity contribution in [3.05, 3.63) is 23.8 Å². The van der Waals surface area contributed by atoms with E-state index in [9.17, 15) is 0 Å². The summed E-state index contributed by atoms with van der Waals surface area (Å²) in [5, 5.41) is 0. The number of benzene rings is 1. The van der Waals surface area contributed by atoms with Gasteiger partial charge in [0.2, 0.25) is 0 Å². The van der Waals surface area contributed by atoms with Gasteiger partial charge in [0.25, 0.3) is 0 Å². The van der Waals surface area contributed by atoms with Gasteiger partial charge in [0.15, 0.2) is 0 Å². The van der Waals surface area contributed by atoms with Crippen LogP contribution in [0.5, 0.6) is 5.75 Å². The molecule has 0 amide bonds. The molecule has 0 saturated heterocycles. The highest BCUT2D eigenvalue weighted by atomic mass is 16.6. The zero-order valence-electron chi connectivity index (χ0n) is 8.19. The van der Waals surface area contributed by atoms with Gasteiger partial charge in [-0.25, -0.2) is 5.90 Å². The molecule has 4 nitrogen and oxygen atoms in total. The minimum atomic E-state index is 0.386. The van der Waals surface area contributed by atoms with Gasteiger partial charge in [-0.2, -0.15) is 0 Å². The van der Waals surface area contributed by atoms with Crippen molar-refractivity contribution >= 4 is 5.69 Å². The van der Waals surface area contributed by atoms with Crippen LogP contribution in [0.1, 0.15) is 5.56 Å². The van der Waals surface area contributed by atoms with Crippen LogP contribution in [-0.4, -0.2) is 20.2 Å². The van der Waals surface area contributed by atoms with Crippen LogP contribution >= 0.6 is 0 Å². The maximum absolute atomic E-state index is 5.60. The van der Waals surface area contributed by atoms with E-state index in [-0.39, 0.29) is 0 Å². The molecule has 0 aliphatic carbocycles. The van der Waals surface area contributed by atoms with Gasteiger partial charge in [-0.1, -0.05) is 12.1 Å². The van der Waals surface area contributed by atoms with E-state index in [2.05, 4.69) is 16.8 Å². The number of hydrogen-bond acceptors (Lipinski definition) is 4. The predicted molar refractivity (Wildman–Crippen MR) is 54.2 cm³/mol. The lowest BCUT2D eigenvalue weighted by atomic mass is 10.1. The molecule has 0 saturated carbocycles. The van der Waals surface area contributed by atoms with Crippen LogP contribution in [0.3, 0.4) is 0 Å². The second-order valence-electron chi connectivity index (χ2n) is 3.35. The summed E-state index contributed by atoms with van der Waals surface area (Å²) in [4.78, 5) is 6.80. The van der Waals surface area contributed by atoms with E-state index < -0.39 is 0 Å². The molecule has 2 rings (SSSR count). The van der Waals surface area contributed by atoms with Gasteiger partial charge >= 0.3 is 0 Å². The smallest absolute Gasteiger partial charge is 0.148 e. The summed E-state index contributed by atoms with van der Waals surface area (Å²) in [6, 6.07) is 5.98. The second kappa shape index (κ2) is 3.86. The molecule has 0 unspecified atom stereocenters. The molecular formula is C10H14N2O2. The van der Waals surface area contributed by atoms with Crippen molar-refractivity contribution in [1.82, 2.24) is 0 Å². The molecule has 1 aliphatic heterocycles. The molecule has 1 aliphatic rings. The number of rotatable bonds is 2. The zero-order valence-corrected chi connectivity index (χ0v) is 8.19. The van der Waals surface area contributed by atoms with Crippen LogP contribution in [0, 0.1) is 0 Å². The van der Waals surface area contributed by atoms with Crippen LogP contribution in [0.4, 0.5) is 5.69 Å². The second-order valence-corrected chi connectivity index (χ2v) is 3.35. The molecule has 4 heteroatoms. The summed E-state index contributed by atoms with van der Waals surface area (Å²) >= 11 is 0. The van der Waals surface area contributed by atoms with Crippen LogP contribution in [0.15, 0.2) is 18.2 Å². The molecule has 0 spiro atoms. The SMILES string of the molecule is CN1CCOc2c(CON)cccc21. The number of fused-ring (bicyclic) bond motifs is 1. The maximum atomic E-state index is 5.60. The zero-order chi connectivity index (χ0) is 9.97. The maximum Gasteiger partial charge on any atom is 0.148 e. The fourth-order valence-electron chi connectivity index (χ4n) is 1.65. The summed E-state index contributed by atoms with van der Waals surface area (Å²) in [5.41, 5.74) is 2.10. The number of hydrogen-bond donors (Lipinski definition) is 1. The number of nitrogens with zero attached hydrogens (tertiary/aromatic N) is 1. The number of nitrogens with two attached hydrogens (primary N) is 1. The van der Waals surface area contributed by atoms with Crippen LogP contribution in [0.25, 0.3) is 0 Å². The third-order valence-electron chi connectivity index (χ3n) is 2.40. The van der Waals surface area contributed by atoms with Crippen LogP contribution in [0.2, 0.25) is 0 Å². The molecule has 0 radical (unpaired) electrons. The summed E-state index contributed by atoms with van der Waals surface area (Å²) in [6.07, 6.45) is 0. The summed E-state index contributed by atoms with van der Waals surface area (Å²) in [7, 11) is 2.05. The van der Waals surface area contributed by atoms with Gasteiger partial charge in [-0.05, 0) is 6.07 Å². The minimum Gasteiger partial charge on any atom is -0.489 e. The van der Waals surface area contributed by atoms with E-state index >= 15 is 0 Å². The molecule has 14 heavy (non-hydrogen) atoms. The van der Waals surface area contributed by atoms with E-state index in [1.807, 2.05) is 18.2 Å². The third kappa shape index (κ3) is 1.54. The third-order valence-corrected chi connectivity index (χ3v) is 2.40. The molecule has 1 aromatic rings. The summed E-state index contributed by atoms with van der Waals surface area (Å²) in [6.45, 7) is 2.02. The van der Waals surface area contributed by atoms with Crippen LogP contribution in [-0.2, 0) is 11.4 Å². The van der Waals surface area contributed by atoms with Gasteiger partial charge < -0.3 is 9.64 Å². The fourth-order valence-corrected chi connectivity index (χ4v) is 1.65. The number of ether oxygens (including phenoxy) is 1. The van der Waals surface area contributed by atoms with Gasteiger partial charge in [0, 0.05) is 12.6 Å². The van der Waals surface area contributed by atoms with Gasteiger partial charge in [0.05, 0.1) is 18.8 Å². The lowest BCUT2D eigenvalue weighted by molar-refractivity contribution is 0.121. The molecule has 2 N–H and O–H groups in total. The van der Waals surface area contributed by atoms with Crippen molar-refractivity contribution in [1.29, 1.82) is 0 Å².